The van der Waals surface area contributed by atoms with E-state index in [1.807, 2.05) is 12.3 Å². The van der Waals surface area contributed by atoms with Gasteiger partial charge in [0.1, 0.15) is 0 Å². The van der Waals surface area contributed by atoms with Crippen LogP contribution in [-0.4, -0.2) is 42.9 Å². The summed E-state index contributed by atoms with van der Waals surface area (Å²) < 4.78 is 5.21. The Morgan fingerprint density at radius 2 is 2.43 bits per heavy atom. The number of methoxy groups -OCH3 is 1. The maximum absolute atomic E-state index is 9.12. The van der Waals surface area contributed by atoms with Gasteiger partial charge in [-0.1, -0.05) is 0 Å². The molecular weight excluding hydrogens is 178 g/mol. The average Bonchev–Trinajstić information content (AvgIpc) is 2.79. The summed E-state index contributed by atoms with van der Waals surface area (Å²) in [7, 11) is 1.75. The molecule has 1 heterocycles. The van der Waals surface area contributed by atoms with Crippen LogP contribution in [0.25, 0.3) is 0 Å². The molecule has 78 valence electrons. The van der Waals surface area contributed by atoms with Crippen molar-refractivity contribution in [3.8, 4) is 0 Å². The molecule has 0 bridgehead atoms. The van der Waals surface area contributed by atoms with Crippen LogP contribution >= 0.6 is 0 Å². The molecule has 1 atom stereocenters. The van der Waals surface area contributed by atoms with E-state index < -0.39 is 0 Å². The van der Waals surface area contributed by atoms with E-state index in [1.165, 1.54) is 12.8 Å². The van der Waals surface area contributed by atoms with Crippen LogP contribution < -0.4 is 0 Å². The largest absolute Gasteiger partial charge is 0.394 e. The molecule has 0 spiro atoms. The van der Waals surface area contributed by atoms with Crippen LogP contribution in [0.15, 0.2) is 18.0 Å². The molecule has 0 aromatic heterocycles. The third-order valence-electron chi connectivity index (χ3n) is 3.07. The van der Waals surface area contributed by atoms with Gasteiger partial charge in [0, 0.05) is 25.3 Å². The molecule has 14 heavy (non-hydrogen) atoms. The van der Waals surface area contributed by atoms with Crippen LogP contribution in [0.2, 0.25) is 0 Å². The Labute approximate surface area is 84.7 Å². The Morgan fingerprint density at radius 3 is 3.00 bits per heavy atom. The van der Waals surface area contributed by atoms with E-state index in [9.17, 15) is 0 Å². The summed E-state index contributed by atoms with van der Waals surface area (Å²) in [5.41, 5.74) is 3.39. The minimum atomic E-state index is 0.129. The topological polar surface area (TPSA) is 32.7 Å². The molecule has 1 aliphatic carbocycles. The summed E-state index contributed by atoms with van der Waals surface area (Å²) in [6, 6.07) is 0.129. The quantitative estimate of drug-likeness (QED) is 0.657. The lowest BCUT2D eigenvalue weighted by atomic mass is 10.1. The van der Waals surface area contributed by atoms with Gasteiger partial charge in [-0.25, -0.2) is 0 Å². The van der Waals surface area contributed by atoms with Gasteiger partial charge < -0.3 is 14.7 Å². The fraction of sp³-hybridized carbons (Fsp3) is 0.727. The van der Waals surface area contributed by atoms with Gasteiger partial charge in [0.2, 0.25) is 0 Å². The zero-order valence-corrected chi connectivity index (χ0v) is 8.57. The minimum absolute atomic E-state index is 0.129. The summed E-state index contributed by atoms with van der Waals surface area (Å²) in [6.45, 7) is 1.98. The van der Waals surface area contributed by atoms with Crippen LogP contribution in [0.5, 0.6) is 0 Å². The molecule has 0 aromatic rings. The second kappa shape index (κ2) is 3.77. The van der Waals surface area contributed by atoms with E-state index in [-0.39, 0.29) is 12.6 Å². The molecular formula is C11H17NO2. The molecule has 1 aliphatic heterocycles. The summed E-state index contributed by atoms with van der Waals surface area (Å²) in [5, 5.41) is 9.12. The van der Waals surface area contributed by atoms with E-state index in [0.717, 1.165) is 13.2 Å². The molecule has 2 rings (SSSR count). The van der Waals surface area contributed by atoms with Crippen molar-refractivity contribution in [2.45, 2.75) is 18.9 Å². The van der Waals surface area contributed by atoms with Crippen LogP contribution in [0.4, 0.5) is 0 Å². The monoisotopic (exact) mass is 195 g/mol. The standard InChI is InChI=1S/C11H17NO2/c1-14-9-11(4-5-11)8-12-6-2-3-10(12)7-13/h3,6,10,13H,4-5,7-9H2,1H3. The number of ether oxygens (including phenoxy) is 1. The van der Waals surface area contributed by atoms with E-state index in [1.54, 1.807) is 7.11 Å². The molecule has 0 aromatic carbocycles. The highest BCUT2D eigenvalue weighted by molar-refractivity contribution is 5.08. The summed E-state index contributed by atoms with van der Waals surface area (Å²) in [4.78, 5) is 2.16. The molecule has 3 nitrogen and oxygen atoms in total. The van der Waals surface area contributed by atoms with Crippen molar-refractivity contribution < 1.29 is 9.84 Å². The van der Waals surface area contributed by atoms with Gasteiger partial charge in [-0.2, -0.15) is 0 Å². The lowest BCUT2D eigenvalue weighted by molar-refractivity contribution is 0.106. The van der Waals surface area contributed by atoms with Crippen LogP contribution in [0.1, 0.15) is 12.8 Å². The molecule has 1 unspecified atom stereocenters. The SMILES string of the molecule is COCC1(CN2C=C=CC2CO)CC1. The van der Waals surface area contributed by atoms with Gasteiger partial charge in [-0.15, -0.1) is 5.73 Å². The molecule has 1 N–H and O–H groups in total. The molecule has 0 saturated heterocycles. The smallest absolute Gasteiger partial charge is 0.0778 e. The van der Waals surface area contributed by atoms with E-state index in [4.69, 9.17) is 9.84 Å². The van der Waals surface area contributed by atoms with Crippen LogP contribution in [-0.2, 0) is 4.74 Å². The lowest BCUT2D eigenvalue weighted by Gasteiger charge is -2.27. The Bertz CT molecular complexity index is 264. The number of hydrogen-bond acceptors (Lipinski definition) is 3. The molecule has 3 heteroatoms. The average molecular weight is 195 g/mol. The van der Waals surface area contributed by atoms with E-state index in [2.05, 4.69) is 10.6 Å². The van der Waals surface area contributed by atoms with Gasteiger partial charge in [0.05, 0.1) is 19.3 Å². The van der Waals surface area contributed by atoms with E-state index >= 15 is 0 Å². The van der Waals surface area contributed by atoms with E-state index in [0.29, 0.717) is 5.41 Å². The summed E-state index contributed by atoms with van der Waals surface area (Å²) >= 11 is 0. The Balaban J connectivity index is 1.88. The molecule has 1 saturated carbocycles. The van der Waals surface area contributed by atoms with Gasteiger partial charge in [0.25, 0.3) is 0 Å². The third-order valence-corrected chi connectivity index (χ3v) is 3.07. The predicted octanol–water partition coefficient (Wildman–Crippen LogP) is 0.758. The zero-order chi connectivity index (χ0) is 10.0. The summed E-state index contributed by atoms with van der Waals surface area (Å²) in [5.74, 6) is 0. The zero-order valence-electron chi connectivity index (χ0n) is 8.57. The summed E-state index contributed by atoms with van der Waals surface area (Å²) in [6.07, 6.45) is 6.34. The highest BCUT2D eigenvalue weighted by Crippen LogP contribution is 2.46. The second-order valence-electron chi connectivity index (χ2n) is 4.32. The molecule has 1 fully saturated rings. The van der Waals surface area contributed by atoms with Crippen molar-refractivity contribution in [1.82, 2.24) is 4.90 Å². The molecule has 2 aliphatic rings. The van der Waals surface area contributed by atoms with Gasteiger partial charge in [0.15, 0.2) is 0 Å². The Kier molecular flexibility index (Phi) is 2.64. The van der Waals surface area contributed by atoms with Gasteiger partial charge in [-0.05, 0) is 18.9 Å². The highest BCUT2D eigenvalue weighted by Gasteiger charge is 2.44. The van der Waals surface area contributed by atoms with Crippen molar-refractivity contribution >= 4 is 0 Å². The van der Waals surface area contributed by atoms with Crippen molar-refractivity contribution in [3.05, 3.63) is 18.0 Å². The van der Waals surface area contributed by atoms with Crippen molar-refractivity contribution in [2.75, 3.05) is 26.9 Å². The number of hydrogen-bond donors (Lipinski definition) is 1. The fourth-order valence-electron chi connectivity index (χ4n) is 1.98. The Morgan fingerprint density at radius 1 is 1.64 bits per heavy atom. The van der Waals surface area contributed by atoms with Gasteiger partial charge in [-0.3, -0.25) is 0 Å². The molecule has 0 amide bonds. The normalized spacial score (nSPS) is 27.3. The number of nitrogens with zero attached hydrogens (tertiary/aromatic N) is 1. The maximum atomic E-state index is 9.12. The Hall–Kier alpha value is -0.760. The highest BCUT2D eigenvalue weighted by atomic mass is 16.5. The maximum Gasteiger partial charge on any atom is 0.0778 e. The number of aliphatic hydroxyl groups excluding tert-OH is 1. The first-order chi connectivity index (χ1) is 6.79. The van der Waals surface area contributed by atoms with Crippen molar-refractivity contribution in [2.24, 2.45) is 5.41 Å². The first-order valence-corrected chi connectivity index (χ1v) is 5.08. The first kappa shape index (κ1) is 9.78. The number of aliphatic hydroxyl groups is 1. The van der Waals surface area contributed by atoms with Crippen molar-refractivity contribution in [3.63, 3.8) is 0 Å². The minimum Gasteiger partial charge on any atom is -0.394 e. The van der Waals surface area contributed by atoms with Crippen LogP contribution in [0, 0.1) is 5.41 Å². The first-order valence-electron chi connectivity index (χ1n) is 5.08. The third kappa shape index (κ3) is 1.85. The molecule has 0 radical (unpaired) electrons. The number of rotatable bonds is 5. The van der Waals surface area contributed by atoms with Crippen molar-refractivity contribution in [1.29, 1.82) is 0 Å². The lowest BCUT2D eigenvalue weighted by Crippen LogP contribution is -2.36. The predicted molar refractivity (Wildman–Crippen MR) is 53.8 cm³/mol. The fourth-order valence-corrected chi connectivity index (χ4v) is 1.98. The van der Waals surface area contributed by atoms with Gasteiger partial charge >= 0.3 is 0 Å². The second-order valence-corrected chi connectivity index (χ2v) is 4.32. The van der Waals surface area contributed by atoms with Crippen LogP contribution in [0.3, 0.4) is 0 Å².